The highest BCUT2D eigenvalue weighted by molar-refractivity contribution is 6.18. The fourth-order valence-electron chi connectivity index (χ4n) is 19.5. The first kappa shape index (κ1) is 83.0. The predicted molar refractivity (Wildman–Crippen MR) is 527 cm³/mol. The molecule has 20 rings (SSSR count). The van der Waals surface area contributed by atoms with Gasteiger partial charge in [0.25, 0.3) is 0 Å². The van der Waals surface area contributed by atoms with E-state index >= 15 is 0 Å². The molecule has 8 heterocycles. The van der Waals surface area contributed by atoms with Gasteiger partial charge in [-0.25, -0.2) is 19.9 Å². The molecule has 1 N–H and O–H groups in total. The van der Waals surface area contributed by atoms with Gasteiger partial charge in [-0.2, -0.15) is 0 Å². The molecule has 20 aromatic rings. The van der Waals surface area contributed by atoms with Crippen LogP contribution in [0.5, 0.6) is 17.2 Å². The minimum absolute atomic E-state index is 0.159. The number of phenols is 1. The van der Waals surface area contributed by atoms with Gasteiger partial charge in [0.1, 0.15) is 39.8 Å². The number of benzene rings is 12. The first-order valence-corrected chi connectivity index (χ1v) is 44.1. The zero-order valence-corrected chi connectivity index (χ0v) is 74.9. The number of nitrogens with zero attached hydrogens (tertiary/aromatic N) is 12. The summed E-state index contributed by atoms with van der Waals surface area (Å²) in [7, 11) is 0. The lowest BCUT2D eigenvalue weighted by molar-refractivity contribution is 0.476. The van der Waals surface area contributed by atoms with Gasteiger partial charge in [0, 0.05) is 65.6 Å². The Balaban J connectivity index is 0.000000143. The van der Waals surface area contributed by atoms with Gasteiger partial charge in [-0.15, -0.1) is 0 Å². The number of aryl methyl sites for hydroxylation is 1. The third kappa shape index (κ3) is 14.0. The molecule has 0 radical (unpaired) electrons. The third-order valence-corrected chi connectivity index (χ3v) is 25.5. The molecule has 0 atom stereocenters. The molecule has 12 aromatic carbocycles. The molecule has 8 aromatic heterocycles. The minimum atomic E-state index is 0.159. The molecular formula is C113H100N12O2. The van der Waals surface area contributed by atoms with E-state index in [0.717, 1.165) is 110 Å². The van der Waals surface area contributed by atoms with Crippen LogP contribution in [0, 0.1) is 33.2 Å². The van der Waals surface area contributed by atoms with E-state index in [1.165, 1.54) is 88.6 Å². The Labute approximate surface area is 741 Å². The Hall–Kier alpha value is -15.0. The summed E-state index contributed by atoms with van der Waals surface area (Å²) in [5, 5.41) is 22.5. The summed E-state index contributed by atoms with van der Waals surface area (Å²) >= 11 is 0. The number of aromatic nitrogens is 8. The van der Waals surface area contributed by atoms with Crippen molar-refractivity contribution in [2.24, 2.45) is 0 Å². The summed E-state index contributed by atoms with van der Waals surface area (Å²) < 4.78 is 15.8. The summed E-state index contributed by atoms with van der Waals surface area (Å²) in [4.78, 5) is 34.9. The maximum atomic E-state index is 10.3. The summed E-state index contributed by atoms with van der Waals surface area (Å²) in [5.41, 5.74) is 29.4. The van der Waals surface area contributed by atoms with Crippen LogP contribution in [0.15, 0.2) is 243 Å². The van der Waals surface area contributed by atoms with E-state index in [9.17, 15) is 5.11 Å². The van der Waals surface area contributed by atoms with Crippen molar-refractivity contribution in [3.8, 4) is 62.3 Å². The van der Waals surface area contributed by atoms with Crippen LogP contribution in [0.3, 0.4) is 0 Å². The summed E-state index contributed by atoms with van der Waals surface area (Å²) in [5.74, 6) is 4.23. The maximum Gasteiger partial charge on any atom is 0.196 e. The Bertz CT molecular complexity index is 8000. The number of hydrogen-bond donors (Lipinski definition) is 1. The minimum Gasteiger partial charge on any atom is -0.508 e. The number of imidazole rings is 4. The van der Waals surface area contributed by atoms with Crippen LogP contribution in [0.1, 0.15) is 208 Å². The van der Waals surface area contributed by atoms with Crippen molar-refractivity contribution >= 4 is 132 Å². The SMILES string of the molecule is Cc1ccc2c3ccccc3n3c(-c4c(C(C)C)cccc4C(C)C)cnc3c2c1.[C-]#[N+]c1cc2c3ccc(O)cc3c3ncc(-c4c(C(C)C)cccc4C(C)C)n3c2cc1[N+]#[C-].[C-]#[N+]c1cc2c3ccc(Oc4ccc5c6ccccc6n6c(-c7c(C(C)C)cccc7C(C)C)cnc6c5c4)cc3c3ncc(-c4c(C(C)C)cccc4C(C)C)n3c2cc1[N+]#[C-]. The summed E-state index contributed by atoms with van der Waals surface area (Å²) in [6.07, 6.45) is 7.99. The van der Waals surface area contributed by atoms with Gasteiger partial charge in [0.15, 0.2) is 22.7 Å². The summed E-state index contributed by atoms with van der Waals surface area (Å²) in [6.45, 7) is 69.2. The first-order valence-electron chi connectivity index (χ1n) is 44.1. The number of ether oxygens (including phenoxy) is 1. The highest BCUT2D eigenvalue weighted by Crippen LogP contribution is 2.49. The molecule has 0 aliphatic rings. The molecule has 14 heteroatoms. The van der Waals surface area contributed by atoms with Crippen LogP contribution in [0.4, 0.5) is 22.7 Å². The largest absolute Gasteiger partial charge is 0.508 e. The monoisotopic (exact) mass is 1660 g/mol. The number of para-hydroxylation sites is 2. The Kier molecular flexibility index (Phi) is 21.5. The fourth-order valence-corrected chi connectivity index (χ4v) is 19.5. The molecular weight excluding hydrogens is 1560 g/mol. The average Bonchev–Trinajstić information content (AvgIpc) is 1.64. The molecule has 0 aliphatic carbocycles. The van der Waals surface area contributed by atoms with Gasteiger partial charge in [-0.1, -0.05) is 250 Å². The van der Waals surface area contributed by atoms with Gasteiger partial charge >= 0.3 is 0 Å². The molecule has 0 fully saturated rings. The van der Waals surface area contributed by atoms with E-state index in [1.807, 2.05) is 48.9 Å². The van der Waals surface area contributed by atoms with E-state index in [4.69, 9.17) is 51.0 Å². The second-order valence-electron chi connectivity index (χ2n) is 36.2. The molecule has 624 valence electrons. The van der Waals surface area contributed by atoms with Gasteiger partial charge in [0.05, 0.1) is 84.9 Å². The Morgan fingerprint density at radius 3 is 0.843 bits per heavy atom. The van der Waals surface area contributed by atoms with Gasteiger partial charge in [-0.05, 0) is 216 Å². The van der Waals surface area contributed by atoms with Crippen LogP contribution in [0.2, 0.25) is 0 Å². The topological polar surface area (TPSA) is 116 Å². The van der Waals surface area contributed by atoms with Crippen molar-refractivity contribution in [1.29, 1.82) is 0 Å². The van der Waals surface area contributed by atoms with Gasteiger partial charge < -0.3 is 9.84 Å². The van der Waals surface area contributed by atoms with Crippen LogP contribution < -0.4 is 4.74 Å². The lowest BCUT2D eigenvalue weighted by atomic mass is 9.87. The zero-order chi connectivity index (χ0) is 89.0. The molecule has 14 nitrogen and oxygen atoms in total. The van der Waals surface area contributed by atoms with E-state index in [2.05, 4.69) is 325 Å². The first-order chi connectivity index (χ1) is 61.3. The van der Waals surface area contributed by atoms with Crippen molar-refractivity contribution in [2.75, 3.05) is 0 Å². The van der Waals surface area contributed by atoms with Gasteiger partial charge in [-0.3, -0.25) is 37.0 Å². The number of fused-ring (bicyclic) bond motifs is 24. The molecule has 127 heavy (non-hydrogen) atoms. The second kappa shape index (κ2) is 32.9. The lowest BCUT2D eigenvalue weighted by Crippen LogP contribution is -2.02. The Morgan fingerprint density at radius 1 is 0.260 bits per heavy atom. The lowest BCUT2D eigenvalue weighted by Gasteiger charge is -2.21. The fraction of sp³-hybridized carbons (Fsp3) is 0.221. The molecule has 0 unspecified atom stereocenters. The number of hydrogen-bond acceptors (Lipinski definition) is 6. The smallest absolute Gasteiger partial charge is 0.196 e. The molecule has 0 spiro atoms. The van der Waals surface area contributed by atoms with E-state index in [-0.39, 0.29) is 17.6 Å². The number of phenolic OH excluding ortho intramolecular Hbond substituents is 1. The molecule has 0 amide bonds. The molecule has 0 bridgehead atoms. The number of aromatic hydroxyl groups is 1. The van der Waals surface area contributed by atoms with Crippen molar-refractivity contribution < 1.29 is 9.84 Å². The quantitative estimate of drug-likeness (QED) is 0.0856. The van der Waals surface area contributed by atoms with Crippen molar-refractivity contribution in [3.05, 3.63) is 339 Å². The molecule has 0 saturated heterocycles. The van der Waals surface area contributed by atoms with Crippen molar-refractivity contribution in [2.45, 2.75) is 165 Å². The van der Waals surface area contributed by atoms with Gasteiger partial charge in [0.2, 0.25) is 0 Å². The average molecular weight is 1660 g/mol. The van der Waals surface area contributed by atoms with E-state index < -0.39 is 0 Å². The highest BCUT2D eigenvalue weighted by Gasteiger charge is 2.29. The van der Waals surface area contributed by atoms with Crippen LogP contribution >= 0.6 is 0 Å². The van der Waals surface area contributed by atoms with E-state index in [0.29, 0.717) is 75.4 Å². The predicted octanol–water partition coefficient (Wildman–Crippen LogP) is 32.5. The number of rotatable bonds is 14. The van der Waals surface area contributed by atoms with Crippen LogP contribution in [-0.4, -0.2) is 42.6 Å². The third-order valence-electron chi connectivity index (χ3n) is 25.5. The molecule has 0 aliphatic heterocycles. The van der Waals surface area contributed by atoms with Crippen LogP contribution in [-0.2, 0) is 0 Å². The Morgan fingerprint density at radius 2 is 0.528 bits per heavy atom. The normalized spacial score (nSPS) is 11.9. The summed E-state index contributed by atoms with van der Waals surface area (Å²) in [6, 6.07) is 75.4. The second-order valence-corrected chi connectivity index (χ2v) is 36.2. The maximum absolute atomic E-state index is 10.3. The standard InChI is InChI=1S/C56H48N6O.C29H24N4O.C28H28N2/c1-31(2)37-16-13-17-38(32(3)4)53(37)51-29-59-55-45-25-35(21-23-41(45)43-15-11-12-20-49(43)61(51)55)63-36-22-24-42-44-27-47(57-9)48(58-10)28-50(44)62-52(30-60-56(62)46(42)26-36)54-39(33(5)6)18-14-19-40(54)34(7)8;1-16(2)19-8-7-9-20(17(3)4)28(19)27-15-32-29-23-12-18(34)10-11-21(23)22-13-24(30-5)25(31-6)14-26(22)33(27)29;1-17(2)20-10-8-11-21(18(3)4)27(20)26-16-29-28-24-15-19(5)13-14-22(24)23-9-6-7-12-25(23)30(26)28/h11-34H,1-8H3;7-17,34H,1-4H3;6-18H,1-5H3. The highest BCUT2D eigenvalue weighted by atomic mass is 16.5. The van der Waals surface area contributed by atoms with Crippen LogP contribution in [0.25, 0.3) is 174 Å². The van der Waals surface area contributed by atoms with Crippen molar-refractivity contribution in [3.63, 3.8) is 0 Å². The van der Waals surface area contributed by atoms with E-state index in [1.54, 1.807) is 24.3 Å². The molecule has 0 saturated carbocycles. The number of pyridine rings is 4. The zero-order valence-electron chi connectivity index (χ0n) is 74.9. The van der Waals surface area contributed by atoms with Crippen molar-refractivity contribution in [1.82, 2.24) is 37.5 Å².